The second-order valence-electron chi connectivity index (χ2n) is 6.50. The summed E-state index contributed by atoms with van der Waals surface area (Å²) in [6.45, 7) is 6.15. The predicted molar refractivity (Wildman–Crippen MR) is 77.7 cm³/mol. The Kier molecular flexibility index (Phi) is 4.45. The van der Waals surface area contributed by atoms with Crippen molar-refractivity contribution in [1.82, 2.24) is 15.1 Å². The van der Waals surface area contributed by atoms with Crippen LogP contribution in [0.4, 0.5) is 0 Å². The molecular weight excluding hydrogens is 270 g/mol. The molecule has 2 atom stereocenters. The Balaban J connectivity index is 1.41. The summed E-state index contributed by atoms with van der Waals surface area (Å²) in [7, 11) is 0. The number of carbonyl (C=O) groups is 2. The van der Waals surface area contributed by atoms with Gasteiger partial charge in [0.2, 0.25) is 5.91 Å². The van der Waals surface area contributed by atoms with Gasteiger partial charge in [0, 0.05) is 38.8 Å². The molecule has 3 rings (SSSR count). The van der Waals surface area contributed by atoms with Crippen LogP contribution in [0.3, 0.4) is 0 Å². The number of piperazine rings is 1. The summed E-state index contributed by atoms with van der Waals surface area (Å²) in [6, 6.07) is 0.418. The van der Waals surface area contributed by atoms with E-state index in [1.807, 2.05) is 4.90 Å². The number of rotatable bonds is 4. The van der Waals surface area contributed by atoms with E-state index in [9.17, 15) is 9.59 Å². The molecule has 2 amide bonds. The molecule has 6 nitrogen and oxygen atoms in total. The molecule has 1 N–H and O–H groups in total. The van der Waals surface area contributed by atoms with Crippen molar-refractivity contribution in [1.29, 1.82) is 0 Å². The molecule has 3 aliphatic rings. The quantitative estimate of drug-likeness (QED) is 0.782. The van der Waals surface area contributed by atoms with Gasteiger partial charge in [0.1, 0.15) is 6.10 Å². The van der Waals surface area contributed by atoms with Crippen LogP contribution in [-0.4, -0.2) is 73.1 Å². The van der Waals surface area contributed by atoms with Crippen molar-refractivity contribution in [3.05, 3.63) is 0 Å². The van der Waals surface area contributed by atoms with Crippen molar-refractivity contribution in [3.8, 4) is 0 Å². The van der Waals surface area contributed by atoms with Crippen LogP contribution in [0.15, 0.2) is 0 Å². The normalized spacial score (nSPS) is 30.4. The molecule has 0 radical (unpaired) electrons. The minimum atomic E-state index is -0.255. The van der Waals surface area contributed by atoms with Crippen molar-refractivity contribution >= 4 is 11.8 Å². The summed E-state index contributed by atoms with van der Waals surface area (Å²) < 4.78 is 5.55. The van der Waals surface area contributed by atoms with Crippen LogP contribution < -0.4 is 5.32 Å². The van der Waals surface area contributed by atoms with Gasteiger partial charge < -0.3 is 15.0 Å². The second kappa shape index (κ2) is 6.32. The zero-order valence-electron chi connectivity index (χ0n) is 12.7. The fourth-order valence-electron chi connectivity index (χ4n) is 3.02. The maximum Gasteiger partial charge on any atom is 0.252 e. The largest absolute Gasteiger partial charge is 0.368 e. The minimum absolute atomic E-state index is 0.116. The predicted octanol–water partition coefficient (Wildman–Crippen LogP) is -0.166. The van der Waals surface area contributed by atoms with Crippen molar-refractivity contribution < 1.29 is 14.3 Å². The molecule has 2 saturated heterocycles. The van der Waals surface area contributed by atoms with E-state index >= 15 is 0 Å². The summed E-state index contributed by atoms with van der Waals surface area (Å²) in [5.41, 5.74) is 0. The molecule has 21 heavy (non-hydrogen) atoms. The van der Waals surface area contributed by atoms with Crippen LogP contribution in [0, 0.1) is 5.92 Å². The van der Waals surface area contributed by atoms with E-state index in [-0.39, 0.29) is 17.9 Å². The lowest BCUT2D eigenvalue weighted by molar-refractivity contribution is -0.144. The maximum atomic E-state index is 12.4. The number of amides is 2. The first-order valence-corrected chi connectivity index (χ1v) is 8.05. The van der Waals surface area contributed by atoms with Gasteiger partial charge in [0.05, 0.1) is 6.54 Å². The molecular formula is C15H25N3O3. The number of nitrogens with zero attached hydrogens (tertiary/aromatic N) is 2. The topological polar surface area (TPSA) is 61.9 Å². The molecule has 0 bridgehead atoms. The SMILES string of the molecule is C[C@@H]1CCO[C@H]1C(=O)N1CCN(CC(=O)NC2CC2)CC1. The molecule has 0 unspecified atom stereocenters. The van der Waals surface area contributed by atoms with Gasteiger partial charge >= 0.3 is 0 Å². The van der Waals surface area contributed by atoms with Crippen LogP contribution in [-0.2, 0) is 14.3 Å². The molecule has 2 aliphatic heterocycles. The van der Waals surface area contributed by atoms with E-state index in [2.05, 4.69) is 17.1 Å². The van der Waals surface area contributed by atoms with E-state index in [0.29, 0.717) is 38.2 Å². The summed E-state index contributed by atoms with van der Waals surface area (Å²) >= 11 is 0. The lowest BCUT2D eigenvalue weighted by Gasteiger charge is -2.35. The molecule has 2 heterocycles. The van der Waals surface area contributed by atoms with Gasteiger partial charge in [-0.2, -0.15) is 0 Å². The van der Waals surface area contributed by atoms with Gasteiger partial charge in [-0.05, 0) is 25.2 Å². The average Bonchev–Trinajstić information content (AvgIpc) is 3.17. The van der Waals surface area contributed by atoms with Gasteiger partial charge in [0.15, 0.2) is 0 Å². The molecule has 1 saturated carbocycles. The molecule has 3 fully saturated rings. The van der Waals surface area contributed by atoms with Crippen LogP contribution in [0.5, 0.6) is 0 Å². The third-order valence-electron chi connectivity index (χ3n) is 4.62. The number of hydrogen-bond donors (Lipinski definition) is 1. The van der Waals surface area contributed by atoms with Gasteiger partial charge in [-0.1, -0.05) is 6.92 Å². The molecule has 118 valence electrons. The molecule has 0 aromatic rings. The molecule has 0 spiro atoms. The van der Waals surface area contributed by atoms with Gasteiger partial charge in [-0.3, -0.25) is 14.5 Å². The maximum absolute atomic E-state index is 12.4. The number of ether oxygens (including phenoxy) is 1. The first-order chi connectivity index (χ1) is 10.1. The van der Waals surface area contributed by atoms with Crippen LogP contribution >= 0.6 is 0 Å². The Hall–Kier alpha value is -1.14. The van der Waals surface area contributed by atoms with Gasteiger partial charge in [0.25, 0.3) is 5.91 Å². The summed E-state index contributed by atoms with van der Waals surface area (Å²) in [5, 5.41) is 3.00. The van der Waals surface area contributed by atoms with Gasteiger partial charge in [-0.15, -0.1) is 0 Å². The fourth-order valence-corrected chi connectivity index (χ4v) is 3.02. The van der Waals surface area contributed by atoms with Crippen molar-refractivity contribution in [3.63, 3.8) is 0 Å². The van der Waals surface area contributed by atoms with Crippen LogP contribution in [0.25, 0.3) is 0 Å². The van der Waals surface area contributed by atoms with Crippen LogP contribution in [0.2, 0.25) is 0 Å². The smallest absolute Gasteiger partial charge is 0.252 e. The van der Waals surface area contributed by atoms with Crippen molar-refractivity contribution in [2.45, 2.75) is 38.3 Å². The second-order valence-corrected chi connectivity index (χ2v) is 6.50. The number of carbonyl (C=O) groups excluding carboxylic acids is 2. The van der Waals surface area contributed by atoms with Crippen molar-refractivity contribution in [2.75, 3.05) is 39.3 Å². The monoisotopic (exact) mass is 295 g/mol. The van der Waals surface area contributed by atoms with E-state index in [1.165, 1.54) is 0 Å². The molecule has 6 heteroatoms. The van der Waals surface area contributed by atoms with E-state index in [1.54, 1.807) is 0 Å². The van der Waals surface area contributed by atoms with E-state index in [0.717, 1.165) is 32.4 Å². The highest BCUT2D eigenvalue weighted by atomic mass is 16.5. The third-order valence-corrected chi connectivity index (χ3v) is 4.62. The Morgan fingerprint density at radius 2 is 1.86 bits per heavy atom. The first kappa shape index (κ1) is 14.8. The highest BCUT2D eigenvalue weighted by Gasteiger charge is 2.35. The molecule has 0 aromatic heterocycles. The Morgan fingerprint density at radius 1 is 1.14 bits per heavy atom. The average molecular weight is 295 g/mol. The molecule has 0 aromatic carbocycles. The fraction of sp³-hybridized carbons (Fsp3) is 0.867. The Bertz CT molecular complexity index is 403. The Morgan fingerprint density at radius 3 is 2.43 bits per heavy atom. The minimum Gasteiger partial charge on any atom is -0.368 e. The summed E-state index contributed by atoms with van der Waals surface area (Å²) in [6.07, 6.45) is 2.95. The van der Waals surface area contributed by atoms with Gasteiger partial charge in [-0.25, -0.2) is 0 Å². The van der Waals surface area contributed by atoms with E-state index < -0.39 is 0 Å². The first-order valence-electron chi connectivity index (χ1n) is 8.05. The number of nitrogens with one attached hydrogen (secondary N) is 1. The Labute approximate surface area is 125 Å². The lowest BCUT2D eigenvalue weighted by atomic mass is 10.0. The summed E-state index contributed by atoms with van der Waals surface area (Å²) in [5.74, 6) is 0.562. The van der Waals surface area contributed by atoms with E-state index in [4.69, 9.17) is 4.74 Å². The van der Waals surface area contributed by atoms with Crippen LogP contribution in [0.1, 0.15) is 26.2 Å². The summed E-state index contributed by atoms with van der Waals surface area (Å²) in [4.78, 5) is 28.2. The highest BCUT2D eigenvalue weighted by Crippen LogP contribution is 2.22. The third kappa shape index (κ3) is 3.74. The zero-order valence-corrected chi connectivity index (χ0v) is 12.7. The highest BCUT2D eigenvalue weighted by molar-refractivity contribution is 5.82. The van der Waals surface area contributed by atoms with Crippen molar-refractivity contribution in [2.24, 2.45) is 5.92 Å². The zero-order chi connectivity index (χ0) is 14.8. The standard InChI is InChI=1S/C15H25N3O3/c1-11-4-9-21-14(11)15(20)18-7-5-17(6-8-18)10-13(19)16-12-2-3-12/h11-12,14H,2-10H2,1H3,(H,16,19)/t11-,14-/m1/s1. The molecule has 1 aliphatic carbocycles. The lowest BCUT2D eigenvalue weighted by Crippen LogP contribution is -2.53. The number of hydrogen-bond acceptors (Lipinski definition) is 4.